The maximum absolute atomic E-state index is 12.0. The standard InChI is InChI=1S/C31H28ClNO6/c1-36-28-17-22(26(30(34)35)19-29(28)37-2)12-13-31(38-14-15-39-31)23-5-3-4-20(16-23)6-10-25-11-8-21-7-9-24(32)18-27(21)33-25/h3-11,16-19H,12-15H2,1-2H3,(H,34,35)/b10-6+. The molecule has 8 heteroatoms. The molecule has 0 amide bonds. The van der Waals surface area contributed by atoms with Crippen molar-refractivity contribution < 1.29 is 28.8 Å². The van der Waals surface area contributed by atoms with Crippen molar-refractivity contribution >= 4 is 40.6 Å². The zero-order valence-electron chi connectivity index (χ0n) is 21.6. The van der Waals surface area contributed by atoms with Crippen LogP contribution < -0.4 is 9.47 Å². The first kappa shape index (κ1) is 26.7. The van der Waals surface area contributed by atoms with E-state index in [1.54, 1.807) is 6.07 Å². The molecule has 5 rings (SSSR count). The van der Waals surface area contributed by atoms with Crippen LogP contribution in [0.3, 0.4) is 0 Å². The number of carboxylic acids is 1. The second-order valence-corrected chi connectivity index (χ2v) is 9.59. The van der Waals surface area contributed by atoms with Gasteiger partial charge in [-0.05, 0) is 60.0 Å². The molecule has 7 nitrogen and oxygen atoms in total. The van der Waals surface area contributed by atoms with E-state index in [-0.39, 0.29) is 5.56 Å². The Kier molecular flexibility index (Phi) is 7.84. The number of rotatable bonds is 9. The van der Waals surface area contributed by atoms with Crippen LogP contribution in [0.25, 0.3) is 23.1 Å². The molecule has 1 aromatic heterocycles. The predicted molar refractivity (Wildman–Crippen MR) is 151 cm³/mol. The molecule has 3 aromatic carbocycles. The van der Waals surface area contributed by atoms with E-state index in [0.717, 1.165) is 27.7 Å². The number of ether oxygens (including phenoxy) is 4. The number of aryl methyl sites for hydroxylation is 1. The van der Waals surface area contributed by atoms with Crippen LogP contribution in [0.1, 0.15) is 39.2 Å². The molecule has 39 heavy (non-hydrogen) atoms. The van der Waals surface area contributed by atoms with Gasteiger partial charge in [0.15, 0.2) is 17.3 Å². The van der Waals surface area contributed by atoms with Crippen LogP contribution in [0, 0.1) is 0 Å². The maximum atomic E-state index is 12.0. The Morgan fingerprint density at radius 1 is 1.00 bits per heavy atom. The van der Waals surface area contributed by atoms with Gasteiger partial charge < -0.3 is 24.1 Å². The Labute approximate surface area is 231 Å². The summed E-state index contributed by atoms with van der Waals surface area (Å²) < 4.78 is 23.0. The molecule has 0 unspecified atom stereocenters. The van der Waals surface area contributed by atoms with Gasteiger partial charge in [0.25, 0.3) is 0 Å². The lowest BCUT2D eigenvalue weighted by atomic mass is 9.94. The molecule has 1 saturated heterocycles. The largest absolute Gasteiger partial charge is 0.493 e. The lowest BCUT2D eigenvalue weighted by Gasteiger charge is -2.28. The van der Waals surface area contributed by atoms with Gasteiger partial charge in [0, 0.05) is 22.4 Å². The van der Waals surface area contributed by atoms with E-state index in [1.165, 1.54) is 20.3 Å². The average Bonchev–Trinajstić information content (AvgIpc) is 3.44. The Morgan fingerprint density at radius 2 is 1.74 bits per heavy atom. The molecule has 2 heterocycles. The smallest absolute Gasteiger partial charge is 0.336 e. The molecule has 0 bridgehead atoms. The molecular formula is C31H28ClNO6. The molecule has 0 atom stereocenters. The van der Waals surface area contributed by atoms with Crippen LogP contribution in [0.15, 0.2) is 66.7 Å². The summed E-state index contributed by atoms with van der Waals surface area (Å²) in [5, 5.41) is 11.5. The van der Waals surface area contributed by atoms with Gasteiger partial charge in [-0.2, -0.15) is 0 Å². The van der Waals surface area contributed by atoms with Gasteiger partial charge in [-0.1, -0.05) is 48.0 Å². The number of carboxylic acid groups (broad SMARTS) is 1. The Balaban J connectivity index is 1.40. The average molecular weight is 546 g/mol. The van der Waals surface area contributed by atoms with Crippen LogP contribution in [-0.2, 0) is 21.7 Å². The van der Waals surface area contributed by atoms with Crippen LogP contribution in [-0.4, -0.2) is 43.5 Å². The number of hydrogen-bond donors (Lipinski definition) is 1. The normalized spacial score (nSPS) is 14.6. The van der Waals surface area contributed by atoms with Crippen LogP contribution in [0.5, 0.6) is 11.5 Å². The molecule has 1 aliphatic heterocycles. The zero-order valence-corrected chi connectivity index (χ0v) is 22.4. The van der Waals surface area contributed by atoms with Crippen molar-refractivity contribution in [2.24, 2.45) is 0 Å². The summed E-state index contributed by atoms with van der Waals surface area (Å²) in [6, 6.07) is 20.8. The number of benzene rings is 3. The van der Waals surface area contributed by atoms with Gasteiger partial charge in [-0.25, -0.2) is 9.78 Å². The number of nitrogens with zero attached hydrogens (tertiary/aromatic N) is 1. The predicted octanol–water partition coefficient (Wildman–Crippen LogP) is 6.61. The minimum Gasteiger partial charge on any atom is -0.493 e. The third-order valence-electron chi connectivity index (χ3n) is 6.77. The monoisotopic (exact) mass is 545 g/mol. The molecular weight excluding hydrogens is 518 g/mol. The summed E-state index contributed by atoms with van der Waals surface area (Å²) in [6.07, 6.45) is 4.75. The summed E-state index contributed by atoms with van der Waals surface area (Å²) in [4.78, 5) is 16.7. The number of fused-ring (bicyclic) bond motifs is 1. The van der Waals surface area contributed by atoms with Crippen LogP contribution in [0.4, 0.5) is 0 Å². The third kappa shape index (κ3) is 5.76. The number of hydrogen-bond acceptors (Lipinski definition) is 6. The van der Waals surface area contributed by atoms with Crippen molar-refractivity contribution in [3.8, 4) is 11.5 Å². The van der Waals surface area contributed by atoms with Gasteiger partial charge in [0.05, 0.1) is 44.2 Å². The van der Waals surface area contributed by atoms with Gasteiger partial charge in [0.2, 0.25) is 0 Å². The Morgan fingerprint density at radius 3 is 2.49 bits per heavy atom. The molecule has 4 aromatic rings. The van der Waals surface area contributed by atoms with Gasteiger partial charge >= 0.3 is 5.97 Å². The summed E-state index contributed by atoms with van der Waals surface area (Å²) in [5.74, 6) is -1.20. The highest BCUT2D eigenvalue weighted by molar-refractivity contribution is 6.31. The number of methoxy groups -OCH3 is 2. The van der Waals surface area contributed by atoms with Gasteiger partial charge in [-0.15, -0.1) is 0 Å². The summed E-state index contributed by atoms with van der Waals surface area (Å²) in [6.45, 7) is 0.892. The Bertz CT molecular complexity index is 1540. The second kappa shape index (κ2) is 11.5. The lowest BCUT2D eigenvalue weighted by Crippen LogP contribution is -2.28. The molecule has 1 fully saturated rings. The quantitative estimate of drug-likeness (QED) is 0.253. The zero-order chi connectivity index (χ0) is 27.4. The van der Waals surface area contributed by atoms with Gasteiger partial charge in [0.1, 0.15) is 0 Å². The minimum atomic E-state index is -1.04. The number of pyridine rings is 1. The first-order chi connectivity index (χ1) is 18.9. The number of halogens is 1. The topological polar surface area (TPSA) is 87.1 Å². The van der Waals surface area contributed by atoms with E-state index in [4.69, 9.17) is 30.5 Å². The van der Waals surface area contributed by atoms with E-state index >= 15 is 0 Å². The van der Waals surface area contributed by atoms with Crippen molar-refractivity contribution in [3.05, 3.63) is 99.7 Å². The van der Waals surface area contributed by atoms with E-state index in [0.29, 0.717) is 48.1 Å². The molecule has 0 saturated carbocycles. The molecule has 1 N–H and O–H groups in total. The van der Waals surface area contributed by atoms with Crippen molar-refractivity contribution in [1.82, 2.24) is 4.98 Å². The van der Waals surface area contributed by atoms with Crippen LogP contribution >= 0.6 is 11.6 Å². The molecule has 200 valence electrons. The highest BCUT2D eigenvalue weighted by Crippen LogP contribution is 2.38. The fourth-order valence-electron chi connectivity index (χ4n) is 4.80. The third-order valence-corrected chi connectivity index (χ3v) is 7.00. The van der Waals surface area contributed by atoms with E-state index in [2.05, 4.69) is 4.98 Å². The van der Waals surface area contributed by atoms with Crippen molar-refractivity contribution in [1.29, 1.82) is 0 Å². The lowest BCUT2D eigenvalue weighted by molar-refractivity contribution is -0.170. The molecule has 1 aliphatic rings. The maximum Gasteiger partial charge on any atom is 0.336 e. The summed E-state index contributed by atoms with van der Waals surface area (Å²) in [5.41, 5.74) is 4.22. The van der Waals surface area contributed by atoms with E-state index < -0.39 is 11.8 Å². The molecule has 0 aliphatic carbocycles. The van der Waals surface area contributed by atoms with E-state index in [9.17, 15) is 9.90 Å². The van der Waals surface area contributed by atoms with Crippen molar-refractivity contribution in [2.75, 3.05) is 27.4 Å². The van der Waals surface area contributed by atoms with Crippen LogP contribution in [0.2, 0.25) is 5.02 Å². The SMILES string of the molecule is COc1cc(CCC2(c3cccc(/C=C/c4ccc5ccc(Cl)cc5n4)c3)OCCO2)c(C(=O)O)cc1OC. The minimum absolute atomic E-state index is 0.154. The highest BCUT2D eigenvalue weighted by atomic mass is 35.5. The van der Waals surface area contributed by atoms with E-state index in [1.807, 2.05) is 66.7 Å². The highest BCUT2D eigenvalue weighted by Gasteiger charge is 2.38. The summed E-state index contributed by atoms with van der Waals surface area (Å²) in [7, 11) is 3.00. The molecule has 0 radical (unpaired) electrons. The summed E-state index contributed by atoms with van der Waals surface area (Å²) >= 11 is 6.13. The first-order valence-corrected chi connectivity index (χ1v) is 12.9. The number of carbonyl (C=O) groups is 1. The fraction of sp³-hybridized carbons (Fsp3) is 0.226. The van der Waals surface area contributed by atoms with Gasteiger partial charge in [-0.3, -0.25) is 0 Å². The van der Waals surface area contributed by atoms with Crippen molar-refractivity contribution in [3.63, 3.8) is 0 Å². The fourth-order valence-corrected chi connectivity index (χ4v) is 4.96. The van der Waals surface area contributed by atoms with Crippen molar-refractivity contribution in [2.45, 2.75) is 18.6 Å². The Hall–Kier alpha value is -3.91. The first-order valence-electron chi connectivity index (χ1n) is 12.5. The number of aromatic carboxylic acids is 1. The second-order valence-electron chi connectivity index (χ2n) is 9.15. The number of aromatic nitrogens is 1. The molecule has 0 spiro atoms.